The summed E-state index contributed by atoms with van der Waals surface area (Å²) < 4.78 is 0. The Morgan fingerprint density at radius 3 is 1.73 bits per heavy atom. The Bertz CT molecular complexity index is 730. The maximum Gasteiger partial charge on any atom is 0.187 e. The van der Waals surface area contributed by atoms with Gasteiger partial charge in [0.05, 0.1) is 0 Å². The molecule has 1 saturated heterocycles. The molecule has 1 aliphatic rings. The summed E-state index contributed by atoms with van der Waals surface area (Å²) >= 11 is 0. The number of rotatable bonds is 5. The molecule has 3 heteroatoms. The number of ketones is 1. The normalized spacial score (nSPS) is 18.8. The van der Waals surface area contributed by atoms with E-state index in [1.807, 2.05) is 72.8 Å². The largest absolute Gasteiger partial charge is 0.308 e. The number of carbonyl (C=O) groups is 1. The summed E-state index contributed by atoms with van der Waals surface area (Å²) in [6, 6.07) is 20.2. The first-order chi connectivity index (χ1) is 12.6. The van der Waals surface area contributed by atoms with E-state index in [1.165, 1.54) is 0 Å². The minimum absolute atomic E-state index is 0.166. The van der Waals surface area contributed by atoms with Crippen LogP contribution in [-0.2, 0) is 4.79 Å². The first-order valence-electron chi connectivity index (χ1n) is 9.05. The van der Waals surface area contributed by atoms with Crippen molar-refractivity contribution in [3.8, 4) is 0 Å². The van der Waals surface area contributed by atoms with Crippen LogP contribution in [0.4, 0.5) is 0 Å². The van der Waals surface area contributed by atoms with Gasteiger partial charge in [-0.05, 0) is 37.4 Å². The van der Waals surface area contributed by atoms with Gasteiger partial charge >= 0.3 is 0 Å². The Kier molecular flexibility index (Phi) is 6.16. The Hall–Kier alpha value is -2.49. The predicted molar refractivity (Wildman–Crippen MR) is 109 cm³/mol. The molecule has 3 rings (SSSR count). The zero-order valence-electron chi connectivity index (χ0n) is 15.6. The minimum atomic E-state index is 0.166. The molecule has 0 bridgehead atoms. The number of benzene rings is 2. The van der Waals surface area contributed by atoms with Crippen LogP contribution in [0, 0.1) is 0 Å². The van der Waals surface area contributed by atoms with Gasteiger partial charge in [-0.1, -0.05) is 60.7 Å². The third kappa shape index (κ3) is 5.01. The van der Waals surface area contributed by atoms with Crippen molar-refractivity contribution in [2.45, 2.75) is 0 Å². The molecule has 0 aromatic heterocycles. The van der Waals surface area contributed by atoms with Crippen molar-refractivity contribution in [3.05, 3.63) is 82.9 Å². The maximum atomic E-state index is 13.0. The highest BCUT2D eigenvalue weighted by Crippen LogP contribution is 2.22. The number of piperidine rings is 1. The molecule has 134 valence electrons. The molecule has 0 saturated carbocycles. The highest BCUT2D eigenvalue weighted by Gasteiger charge is 2.25. The summed E-state index contributed by atoms with van der Waals surface area (Å²) in [5.41, 5.74) is 3.88. The molecule has 3 nitrogen and oxygen atoms in total. The van der Waals surface area contributed by atoms with Crippen LogP contribution in [0.3, 0.4) is 0 Å². The van der Waals surface area contributed by atoms with Crippen LogP contribution < -0.4 is 0 Å². The summed E-state index contributed by atoms with van der Waals surface area (Å²) in [5.74, 6) is 0.166. The van der Waals surface area contributed by atoms with Gasteiger partial charge in [0.2, 0.25) is 0 Å². The first kappa shape index (κ1) is 18.3. The Balaban J connectivity index is 1.89. The Morgan fingerprint density at radius 2 is 1.31 bits per heavy atom. The number of likely N-dealkylation sites (N-methyl/N-ethyl adjacent to an activating group) is 1. The average molecular weight is 346 g/mol. The van der Waals surface area contributed by atoms with E-state index in [0.29, 0.717) is 13.1 Å². The van der Waals surface area contributed by atoms with E-state index < -0.39 is 0 Å². The molecular formula is C23H26N2O. The first-order valence-corrected chi connectivity index (χ1v) is 9.05. The zero-order chi connectivity index (χ0) is 18.4. The van der Waals surface area contributed by atoms with E-state index >= 15 is 0 Å². The fourth-order valence-electron chi connectivity index (χ4n) is 3.11. The molecule has 0 radical (unpaired) electrons. The standard InChI is InChI=1S/C23H26N2O/c1-24(2)13-14-25-17-21(15-19-9-5-3-6-10-19)23(26)22(18-25)16-20-11-7-4-8-12-20/h3-12,15-16H,13-14,17-18H2,1-2H3/b21-15+,22-16+. The van der Waals surface area contributed by atoms with Crippen molar-refractivity contribution in [1.29, 1.82) is 0 Å². The molecule has 0 aliphatic carbocycles. The van der Waals surface area contributed by atoms with Gasteiger partial charge in [0.1, 0.15) is 0 Å². The second-order valence-electron chi connectivity index (χ2n) is 7.00. The van der Waals surface area contributed by atoms with Crippen molar-refractivity contribution < 1.29 is 4.79 Å². The number of carbonyl (C=O) groups excluding carboxylic acids is 1. The lowest BCUT2D eigenvalue weighted by molar-refractivity contribution is -0.113. The van der Waals surface area contributed by atoms with Crippen molar-refractivity contribution in [3.63, 3.8) is 0 Å². The lowest BCUT2D eigenvalue weighted by Gasteiger charge is -2.30. The number of likely N-dealkylation sites (tertiary alicyclic amines) is 1. The van der Waals surface area contributed by atoms with Crippen LogP contribution in [0.1, 0.15) is 11.1 Å². The van der Waals surface area contributed by atoms with Crippen LogP contribution in [0.25, 0.3) is 12.2 Å². The SMILES string of the molecule is CN(C)CCN1C/C(=C\c2ccccc2)C(=O)/C(=C/c2ccccc2)C1. The molecule has 0 N–H and O–H groups in total. The van der Waals surface area contributed by atoms with E-state index in [-0.39, 0.29) is 5.78 Å². The van der Waals surface area contributed by atoms with E-state index in [1.54, 1.807) is 0 Å². The van der Waals surface area contributed by atoms with Crippen molar-refractivity contribution in [1.82, 2.24) is 9.80 Å². The van der Waals surface area contributed by atoms with Crippen molar-refractivity contribution in [2.75, 3.05) is 40.3 Å². The van der Waals surface area contributed by atoms with Gasteiger partial charge in [-0.25, -0.2) is 0 Å². The highest BCUT2D eigenvalue weighted by atomic mass is 16.1. The van der Waals surface area contributed by atoms with Crippen LogP contribution in [0.15, 0.2) is 71.8 Å². The quantitative estimate of drug-likeness (QED) is 0.773. The Labute approximate surface area is 156 Å². The third-order valence-electron chi connectivity index (χ3n) is 4.52. The average Bonchev–Trinajstić information content (AvgIpc) is 2.65. The monoisotopic (exact) mass is 346 g/mol. The number of Topliss-reactive ketones (excluding diaryl/α,β-unsaturated/α-hetero) is 1. The van der Waals surface area contributed by atoms with Crippen LogP contribution >= 0.6 is 0 Å². The molecule has 0 spiro atoms. The molecule has 2 aromatic rings. The topological polar surface area (TPSA) is 23.6 Å². The predicted octanol–water partition coefficient (Wildman–Crippen LogP) is 3.60. The van der Waals surface area contributed by atoms with Gasteiger partial charge in [-0.3, -0.25) is 9.69 Å². The summed E-state index contributed by atoms with van der Waals surface area (Å²) in [7, 11) is 4.16. The lowest BCUT2D eigenvalue weighted by Crippen LogP contribution is -2.41. The number of hydrogen-bond acceptors (Lipinski definition) is 3. The van der Waals surface area contributed by atoms with Crippen molar-refractivity contribution >= 4 is 17.9 Å². The third-order valence-corrected chi connectivity index (χ3v) is 4.52. The van der Waals surface area contributed by atoms with Gasteiger partial charge < -0.3 is 4.90 Å². The minimum Gasteiger partial charge on any atom is -0.308 e. The molecule has 1 fully saturated rings. The summed E-state index contributed by atoms with van der Waals surface area (Å²) in [6.07, 6.45) is 4.06. The summed E-state index contributed by atoms with van der Waals surface area (Å²) in [4.78, 5) is 17.6. The number of nitrogens with zero attached hydrogens (tertiary/aromatic N) is 2. The van der Waals surface area contributed by atoms with Gasteiger partial charge in [-0.2, -0.15) is 0 Å². The molecule has 1 aliphatic heterocycles. The summed E-state index contributed by atoms with van der Waals surface area (Å²) in [6.45, 7) is 3.32. The maximum absolute atomic E-state index is 13.0. The summed E-state index contributed by atoms with van der Waals surface area (Å²) in [5, 5.41) is 0. The second kappa shape index (κ2) is 8.75. The van der Waals surface area contributed by atoms with E-state index in [9.17, 15) is 4.79 Å². The van der Waals surface area contributed by atoms with Crippen molar-refractivity contribution in [2.24, 2.45) is 0 Å². The van der Waals surface area contributed by atoms with Gasteiger partial charge in [0, 0.05) is 37.3 Å². The van der Waals surface area contributed by atoms with Crippen LogP contribution in [0.2, 0.25) is 0 Å². The fourth-order valence-corrected chi connectivity index (χ4v) is 3.11. The van der Waals surface area contributed by atoms with Crippen LogP contribution in [-0.4, -0.2) is 55.9 Å². The van der Waals surface area contributed by atoms with Gasteiger partial charge in [-0.15, -0.1) is 0 Å². The van der Waals surface area contributed by atoms with E-state index in [2.05, 4.69) is 23.9 Å². The lowest BCUT2D eigenvalue weighted by atomic mass is 9.94. The van der Waals surface area contributed by atoms with E-state index in [4.69, 9.17) is 0 Å². The van der Waals surface area contributed by atoms with Crippen LogP contribution in [0.5, 0.6) is 0 Å². The Morgan fingerprint density at radius 1 is 0.846 bits per heavy atom. The highest BCUT2D eigenvalue weighted by molar-refractivity contribution is 6.14. The fraction of sp³-hybridized carbons (Fsp3) is 0.261. The molecule has 0 amide bonds. The second-order valence-corrected chi connectivity index (χ2v) is 7.00. The van der Waals surface area contributed by atoms with Gasteiger partial charge in [0.25, 0.3) is 0 Å². The molecule has 1 heterocycles. The van der Waals surface area contributed by atoms with E-state index in [0.717, 1.165) is 35.4 Å². The molecule has 2 aromatic carbocycles. The molecular weight excluding hydrogens is 320 g/mol. The molecule has 0 atom stereocenters. The molecule has 26 heavy (non-hydrogen) atoms. The smallest absolute Gasteiger partial charge is 0.187 e. The zero-order valence-corrected chi connectivity index (χ0v) is 15.6. The molecule has 0 unspecified atom stereocenters. The van der Waals surface area contributed by atoms with Gasteiger partial charge in [0.15, 0.2) is 5.78 Å². The number of hydrogen-bond donors (Lipinski definition) is 0.